The number of benzene rings is 2. The van der Waals surface area contributed by atoms with Gasteiger partial charge in [0.05, 0.1) is 29.8 Å². The molecule has 1 saturated heterocycles. The van der Waals surface area contributed by atoms with E-state index < -0.39 is 33.8 Å². The summed E-state index contributed by atoms with van der Waals surface area (Å²) in [5.41, 5.74) is 0.243. The van der Waals surface area contributed by atoms with Gasteiger partial charge in [-0.1, -0.05) is 15.9 Å². The molecule has 0 N–H and O–H groups in total. The number of furan rings is 1. The highest BCUT2D eigenvalue weighted by molar-refractivity contribution is 9.10. The van der Waals surface area contributed by atoms with Gasteiger partial charge in [0.2, 0.25) is 15.9 Å². The molecule has 0 saturated carbocycles. The van der Waals surface area contributed by atoms with Gasteiger partial charge in [-0.3, -0.25) is 14.4 Å². The molecule has 1 fully saturated rings. The third kappa shape index (κ3) is 4.81. The number of sulfonamides is 1. The van der Waals surface area contributed by atoms with Gasteiger partial charge in [0.1, 0.15) is 17.6 Å². The minimum atomic E-state index is -4.16. The zero-order valence-electron chi connectivity index (χ0n) is 17.9. The van der Waals surface area contributed by atoms with Crippen LogP contribution in [0, 0.1) is 0 Å². The fourth-order valence-corrected chi connectivity index (χ4v) is 5.41. The van der Waals surface area contributed by atoms with Crippen LogP contribution in [0.5, 0.6) is 5.75 Å². The molecular weight excluding hydrogens is 528 g/mol. The largest absolute Gasteiger partial charge is 0.468 e. The maximum absolute atomic E-state index is 13.5. The molecule has 1 aliphatic rings. The van der Waals surface area contributed by atoms with Crippen molar-refractivity contribution in [2.45, 2.75) is 30.8 Å². The van der Waals surface area contributed by atoms with Crippen molar-refractivity contribution in [3.05, 3.63) is 77.2 Å². The number of nitrogens with zero attached hydrogens (tertiary/aromatic N) is 2. The molecule has 0 bridgehead atoms. The number of hydrogen-bond acceptors (Lipinski definition) is 7. The molecule has 4 rings (SSSR count). The molecular formula is C23H19BrN2O7S. The Morgan fingerprint density at radius 2 is 1.79 bits per heavy atom. The van der Waals surface area contributed by atoms with Crippen LogP contribution in [0.1, 0.15) is 19.1 Å². The number of amides is 2. The summed E-state index contributed by atoms with van der Waals surface area (Å²) < 4.78 is 39.1. The zero-order chi connectivity index (χ0) is 24.5. The summed E-state index contributed by atoms with van der Waals surface area (Å²) in [7, 11) is -4.16. The lowest BCUT2D eigenvalue weighted by Crippen LogP contribution is -2.45. The number of anilines is 1. The summed E-state index contributed by atoms with van der Waals surface area (Å²) in [6.45, 7) is 1.03. The van der Waals surface area contributed by atoms with Crippen molar-refractivity contribution >= 4 is 49.4 Å². The minimum Gasteiger partial charge on any atom is -0.468 e. The summed E-state index contributed by atoms with van der Waals surface area (Å²) >= 11 is 3.28. The molecule has 2 amide bonds. The molecule has 34 heavy (non-hydrogen) atoms. The van der Waals surface area contributed by atoms with E-state index in [1.165, 1.54) is 49.6 Å². The van der Waals surface area contributed by atoms with Crippen molar-refractivity contribution < 1.29 is 32.0 Å². The highest BCUT2D eigenvalue weighted by atomic mass is 79.9. The second kappa shape index (κ2) is 9.53. The van der Waals surface area contributed by atoms with Crippen molar-refractivity contribution in [1.29, 1.82) is 0 Å². The summed E-state index contributed by atoms with van der Waals surface area (Å²) in [4.78, 5) is 38.2. The Morgan fingerprint density at radius 1 is 1.12 bits per heavy atom. The summed E-state index contributed by atoms with van der Waals surface area (Å²) in [6.07, 6.45) is 1.07. The van der Waals surface area contributed by atoms with E-state index in [0.29, 0.717) is 10.2 Å². The monoisotopic (exact) mass is 546 g/mol. The van der Waals surface area contributed by atoms with E-state index in [2.05, 4.69) is 15.9 Å². The number of carbonyl (C=O) groups is 3. The lowest BCUT2D eigenvalue weighted by Gasteiger charge is -2.26. The van der Waals surface area contributed by atoms with Gasteiger partial charge < -0.3 is 9.15 Å². The van der Waals surface area contributed by atoms with Gasteiger partial charge in [-0.2, -0.15) is 4.31 Å². The van der Waals surface area contributed by atoms with Crippen LogP contribution >= 0.6 is 15.9 Å². The van der Waals surface area contributed by atoms with E-state index in [4.69, 9.17) is 9.15 Å². The number of esters is 1. The fourth-order valence-electron chi connectivity index (χ4n) is 3.60. The molecule has 2 heterocycles. The molecule has 0 radical (unpaired) electrons. The molecule has 9 nitrogen and oxygen atoms in total. The van der Waals surface area contributed by atoms with Crippen LogP contribution < -0.4 is 9.64 Å². The zero-order valence-corrected chi connectivity index (χ0v) is 20.3. The topological polar surface area (TPSA) is 114 Å². The first-order valence-corrected chi connectivity index (χ1v) is 12.3. The van der Waals surface area contributed by atoms with Gasteiger partial charge in [-0.05, 0) is 60.7 Å². The Kier molecular flexibility index (Phi) is 6.69. The van der Waals surface area contributed by atoms with Crippen LogP contribution in [0.2, 0.25) is 0 Å². The van der Waals surface area contributed by atoms with E-state index in [1.54, 1.807) is 24.3 Å². The van der Waals surface area contributed by atoms with E-state index in [0.717, 1.165) is 9.21 Å². The van der Waals surface area contributed by atoms with Crippen LogP contribution in [-0.2, 0) is 31.0 Å². The number of imide groups is 1. The summed E-state index contributed by atoms with van der Waals surface area (Å²) in [5.74, 6) is -1.16. The van der Waals surface area contributed by atoms with Gasteiger partial charge in [-0.25, -0.2) is 13.3 Å². The van der Waals surface area contributed by atoms with E-state index >= 15 is 0 Å². The van der Waals surface area contributed by atoms with Crippen molar-refractivity contribution in [3.8, 4) is 5.75 Å². The number of rotatable bonds is 7. The number of halogens is 1. The lowest BCUT2D eigenvalue weighted by molar-refractivity contribution is -0.132. The Labute approximate surface area is 204 Å². The third-order valence-corrected chi connectivity index (χ3v) is 7.54. The van der Waals surface area contributed by atoms with Crippen LogP contribution in [0.4, 0.5) is 5.69 Å². The normalized spacial score (nSPS) is 16.3. The van der Waals surface area contributed by atoms with Gasteiger partial charge >= 0.3 is 5.97 Å². The van der Waals surface area contributed by atoms with Crippen molar-refractivity contribution in [2.75, 3.05) is 4.90 Å². The van der Waals surface area contributed by atoms with Crippen LogP contribution in [0.15, 0.2) is 80.7 Å². The average molecular weight is 547 g/mol. The standard InChI is InChI=1S/C23H19BrN2O7S/c1-15(27)33-18-8-6-17(7-9-18)26-22(28)13-21(23(26)29)25(14-19-3-2-12-32-19)34(30,31)20-10-4-16(24)5-11-20/h2-12,21H,13-14H2,1H3. The predicted molar refractivity (Wildman–Crippen MR) is 124 cm³/mol. The molecule has 2 aromatic carbocycles. The minimum absolute atomic E-state index is 0.0216. The van der Waals surface area contributed by atoms with Gasteiger partial charge in [0.25, 0.3) is 5.91 Å². The second-order valence-electron chi connectivity index (χ2n) is 7.46. The van der Waals surface area contributed by atoms with Crippen LogP contribution in [-0.4, -0.2) is 36.5 Å². The quantitative estimate of drug-likeness (QED) is 0.253. The van der Waals surface area contributed by atoms with Crippen LogP contribution in [0.3, 0.4) is 0 Å². The number of carbonyl (C=O) groups excluding carboxylic acids is 3. The molecule has 3 aromatic rings. The fraction of sp³-hybridized carbons (Fsp3) is 0.174. The summed E-state index contributed by atoms with van der Waals surface area (Å²) in [6, 6.07) is 13.7. The van der Waals surface area contributed by atoms with Crippen LogP contribution in [0.25, 0.3) is 0 Å². The first-order chi connectivity index (χ1) is 16.2. The van der Waals surface area contributed by atoms with Gasteiger partial charge in [0.15, 0.2) is 0 Å². The smallest absolute Gasteiger partial charge is 0.308 e. The first-order valence-electron chi connectivity index (χ1n) is 10.1. The Bertz CT molecular complexity index is 1320. The molecule has 176 valence electrons. The van der Waals surface area contributed by atoms with E-state index in [-0.39, 0.29) is 29.3 Å². The second-order valence-corrected chi connectivity index (χ2v) is 10.3. The average Bonchev–Trinajstić information content (AvgIpc) is 3.40. The lowest BCUT2D eigenvalue weighted by atomic mass is 10.2. The maximum atomic E-state index is 13.5. The molecule has 0 spiro atoms. The van der Waals surface area contributed by atoms with E-state index in [1.807, 2.05) is 0 Å². The van der Waals surface area contributed by atoms with Gasteiger partial charge in [-0.15, -0.1) is 0 Å². The van der Waals surface area contributed by atoms with Crippen molar-refractivity contribution in [1.82, 2.24) is 4.31 Å². The molecule has 11 heteroatoms. The predicted octanol–water partition coefficient (Wildman–Crippen LogP) is 3.49. The Morgan fingerprint density at radius 3 is 2.38 bits per heavy atom. The van der Waals surface area contributed by atoms with E-state index in [9.17, 15) is 22.8 Å². The van der Waals surface area contributed by atoms with Crippen molar-refractivity contribution in [2.24, 2.45) is 0 Å². The van der Waals surface area contributed by atoms with Gasteiger partial charge in [0, 0.05) is 11.4 Å². The Hall–Kier alpha value is -3.28. The molecule has 1 unspecified atom stereocenters. The highest BCUT2D eigenvalue weighted by Crippen LogP contribution is 2.32. The highest BCUT2D eigenvalue weighted by Gasteiger charge is 2.47. The third-order valence-electron chi connectivity index (χ3n) is 5.14. The Balaban J connectivity index is 1.68. The summed E-state index contributed by atoms with van der Waals surface area (Å²) in [5, 5.41) is 0. The SMILES string of the molecule is CC(=O)Oc1ccc(N2C(=O)CC(N(Cc3ccco3)S(=O)(=O)c3ccc(Br)cc3)C2=O)cc1. The number of ether oxygens (including phenoxy) is 1. The number of hydrogen-bond donors (Lipinski definition) is 0. The molecule has 0 aliphatic carbocycles. The molecule has 1 aromatic heterocycles. The molecule has 1 aliphatic heterocycles. The first kappa shape index (κ1) is 23.9. The molecule has 1 atom stereocenters. The maximum Gasteiger partial charge on any atom is 0.308 e. The van der Waals surface area contributed by atoms with Crippen molar-refractivity contribution in [3.63, 3.8) is 0 Å².